The van der Waals surface area contributed by atoms with E-state index < -0.39 is 0 Å². The van der Waals surface area contributed by atoms with Gasteiger partial charge in [0, 0.05) is 12.4 Å². The first-order valence-corrected chi connectivity index (χ1v) is 9.34. The Hall–Kier alpha value is -2.11. The summed E-state index contributed by atoms with van der Waals surface area (Å²) in [5.74, 6) is 0.658. The molecule has 0 aliphatic carbocycles. The summed E-state index contributed by atoms with van der Waals surface area (Å²) in [6.45, 7) is 4.61. The average molecular weight is 374 g/mol. The fraction of sp³-hybridized carbons (Fsp3) is 0.400. The van der Waals surface area contributed by atoms with Crippen molar-refractivity contribution in [2.75, 3.05) is 26.2 Å². The summed E-state index contributed by atoms with van der Waals surface area (Å²) in [5.41, 5.74) is 1.91. The minimum atomic E-state index is -0.298. The molecular weight excluding hydrogens is 350 g/mol. The monoisotopic (exact) mass is 373 g/mol. The topological polar surface area (TPSA) is 54.5 Å². The number of para-hydroxylation sites is 1. The number of ether oxygens (including phenoxy) is 1. The van der Waals surface area contributed by atoms with E-state index in [9.17, 15) is 4.79 Å². The minimum Gasteiger partial charge on any atom is -0.490 e. The van der Waals surface area contributed by atoms with E-state index in [2.05, 4.69) is 15.2 Å². The van der Waals surface area contributed by atoms with Crippen LogP contribution in [0.3, 0.4) is 0 Å². The summed E-state index contributed by atoms with van der Waals surface area (Å²) < 4.78 is 5.76. The van der Waals surface area contributed by atoms with Crippen molar-refractivity contribution in [2.45, 2.75) is 25.8 Å². The molecule has 3 rings (SSSR count). The van der Waals surface area contributed by atoms with Gasteiger partial charge in [0.1, 0.15) is 18.4 Å². The number of carbonyl (C=O) groups is 1. The Balaban J connectivity index is 1.58. The van der Waals surface area contributed by atoms with Crippen molar-refractivity contribution in [2.24, 2.45) is 0 Å². The van der Waals surface area contributed by atoms with Crippen LogP contribution < -0.4 is 10.1 Å². The molecule has 26 heavy (non-hydrogen) atoms. The van der Waals surface area contributed by atoms with E-state index in [0.29, 0.717) is 23.9 Å². The standard InChI is InChI=1S/C20H24ClN3O2/c1-15-6-4-8-17(21)19(15)26-13-10-23-20(25)18(24-11-2-3-12-24)16-7-5-9-22-14-16/h4-9,14,18H,2-3,10-13H2,1H3,(H,23,25). The molecule has 2 aromatic rings. The molecule has 1 aromatic carbocycles. The van der Waals surface area contributed by atoms with Gasteiger partial charge in [0.05, 0.1) is 11.6 Å². The van der Waals surface area contributed by atoms with E-state index >= 15 is 0 Å². The summed E-state index contributed by atoms with van der Waals surface area (Å²) in [6.07, 6.45) is 5.74. The number of carbonyl (C=O) groups excluding carboxylic acids is 1. The normalized spacial score (nSPS) is 15.6. The van der Waals surface area contributed by atoms with Gasteiger partial charge in [-0.15, -0.1) is 0 Å². The predicted molar refractivity (Wildman–Crippen MR) is 102 cm³/mol. The second-order valence-electron chi connectivity index (χ2n) is 6.46. The lowest BCUT2D eigenvalue weighted by atomic mass is 10.1. The lowest BCUT2D eigenvalue weighted by molar-refractivity contribution is -0.126. The number of hydrogen-bond donors (Lipinski definition) is 1. The third-order valence-electron chi connectivity index (χ3n) is 4.57. The molecule has 1 atom stereocenters. The summed E-state index contributed by atoms with van der Waals surface area (Å²) >= 11 is 6.16. The van der Waals surface area contributed by atoms with Crippen molar-refractivity contribution in [1.29, 1.82) is 0 Å². The zero-order chi connectivity index (χ0) is 18.4. The molecule has 0 radical (unpaired) electrons. The molecule has 138 valence electrons. The third kappa shape index (κ3) is 4.54. The Morgan fingerprint density at radius 3 is 2.81 bits per heavy atom. The van der Waals surface area contributed by atoms with Crippen LogP contribution in [-0.2, 0) is 4.79 Å². The third-order valence-corrected chi connectivity index (χ3v) is 4.86. The quantitative estimate of drug-likeness (QED) is 0.756. The molecule has 1 saturated heterocycles. The number of amides is 1. The number of aryl methyl sites for hydroxylation is 1. The Kier molecular flexibility index (Phi) is 6.47. The lowest BCUT2D eigenvalue weighted by Crippen LogP contribution is -2.40. The van der Waals surface area contributed by atoms with Crippen LogP contribution in [-0.4, -0.2) is 42.0 Å². The average Bonchev–Trinajstić information content (AvgIpc) is 3.16. The zero-order valence-corrected chi connectivity index (χ0v) is 15.7. The highest BCUT2D eigenvalue weighted by Crippen LogP contribution is 2.28. The van der Waals surface area contributed by atoms with Crippen LogP contribution in [0.25, 0.3) is 0 Å². The highest BCUT2D eigenvalue weighted by molar-refractivity contribution is 6.32. The molecule has 1 aliphatic heterocycles. The number of halogens is 1. The maximum atomic E-state index is 12.8. The first-order valence-electron chi connectivity index (χ1n) is 8.96. The highest BCUT2D eigenvalue weighted by Gasteiger charge is 2.29. The van der Waals surface area contributed by atoms with Gasteiger partial charge < -0.3 is 10.1 Å². The number of hydrogen-bond acceptors (Lipinski definition) is 4. The predicted octanol–water partition coefficient (Wildman–Crippen LogP) is 3.38. The van der Waals surface area contributed by atoms with Gasteiger partial charge in [0.15, 0.2) is 0 Å². The van der Waals surface area contributed by atoms with E-state index in [1.165, 1.54) is 0 Å². The second-order valence-corrected chi connectivity index (χ2v) is 6.86. The smallest absolute Gasteiger partial charge is 0.242 e. The highest BCUT2D eigenvalue weighted by atomic mass is 35.5. The van der Waals surface area contributed by atoms with Crippen molar-refractivity contribution in [3.63, 3.8) is 0 Å². The van der Waals surface area contributed by atoms with E-state index in [-0.39, 0.29) is 11.9 Å². The van der Waals surface area contributed by atoms with Crippen LogP contribution in [0.1, 0.15) is 30.0 Å². The van der Waals surface area contributed by atoms with E-state index in [1.807, 2.05) is 31.2 Å². The van der Waals surface area contributed by atoms with Gasteiger partial charge in [-0.3, -0.25) is 14.7 Å². The number of nitrogens with one attached hydrogen (secondary N) is 1. The maximum Gasteiger partial charge on any atom is 0.242 e. The van der Waals surface area contributed by atoms with E-state index in [4.69, 9.17) is 16.3 Å². The van der Waals surface area contributed by atoms with Crippen LogP contribution in [0, 0.1) is 6.92 Å². The SMILES string of the molecule is Cc1cccc(Cl)c1OCCNC(=O)C(c1cccnc1)N1CCCC1. The van der Waals surface area contributed by atoms with Gasteiger partial charge in [0.2, 0.25) is 5.91 Å². The van der Waals surface area contributed by atoms with Crippen LogP contribution in [0.15, 0.2) is 42.7 Å². The second kappa shape index (κ2) is 9.01. The van der Waals surface area contributed by atoms with Crippen molar-refractivity contribution in [1.82, 2.24) is 15.2 Å². The number of likely N-dealkylation sites (tertiary alicyclic amines) is 1. The molecule has 1 unspecified atom stereocenters. The first kappa shape index (κ1) is 18.7. The largest absolute Gasteiger partial charge is 0.490 e. The van der Waals surface area contributed by atoms with Gasteiger partial charge in [0.25, 0.3) is 0 Å². The molecular formula is C20H24ClN3O2. The van der Waals surface area contributed by atoms with Gasteiger partial charge in [-0.2, -0.15) is 0 Å². The molecule has 1 aliphatic rings. The maximum absolute atomic E-state index is 12.8. The summed E-state index contributed by atoms with van der Waals surface area (Å²) in [6, 6.07) is 9.17. The fourth-order valence-electron chi connectivity index (χ4n) is 3.29. The molecule has 1 aromatic heterocycles. The van der Waals surface area contributed by atoms with Gasteiger partial charge in [-0.05, 0) is 56.1 Å². The van der Waals surface area contributed by atoms with Crippen molar-refractivity contribution in [3.05, 3.63) is 58.9 Å². The number of aromatic nitrogens is 1. The molecule has 1 amide bonds. The number of benzene rings is 1. The molecule has 6 heteroatoms. The minimum absolute atomic E-state index is 0.0145. The van der Waals surface area contributed by atoms with Crippen LogP contribution in [0.5, 0.6) is 5.75 Å². The van der Waals surface area contributed by atoms with Gasteiger partial charge >= 0.3 is 0 Å². The molecule has 0 bridgehead atoms. The lowest BCUT2D eigenvalue weighted by Gasteiger charge is -2.26. The summed E-state index contributed by atoms with van der Waals surface area (Å²) in [7, 11) is 0. The Morgan fingerprint density at radius 1 is 1.31 bits per heavy atom. The molecule has 1 fully saturated rings. The molecule has 5 nitrogen and oxygen atoms in total. The van der Waals surface area contributed by atoms with E-state index in [1.54, 1.807) is 18.5 Å². The van der Waals surface area contributed by atoms with E-state index in [0.717, 1.165) is 37.1 Å². The Labute approximate surface area is 159 Å². The van der Waals surface area contributed by atoms with Gasteiger partial charge in [-0.25, -0.2) is 0 Å². The molecule has 0 saturated carbocycles. The van der Waals surface area contributed by atoms with Crippen molar-refractivity contribution in [3.8, 4) is 5.75 Å². The molecule has 2 heterocycles. The Morgan fingerprint density at radius 2 is 2.12 bits per heavy atom. The first-order chi connectivity index (χ1) is 12.7. The number of pyridine rings is 1. The van der Waals surface area contributed by atoms with Gasteiger partial charge in [-0.1, -0.05) is 29.8 Å². The summed E-state index contributed by atoms with van der Waals surface area (Å²) in [5, 5.41) is 3.58. The molecule has 1 N–H and O–H groups in total. The summed E-state index contributed by atoms with van der Waals surface area (Å²) in [4.78, 5) is 19.2. The number of nitrogens with zero attached hydrogens (tertiary/aromatic N) is 2. The van der Waals surface area contributed by atoms with Crippen LogP contribution in [0.4, 0.5) is 0 Å². The van der Waals surface area contributed by atoms with Crippen LogP contribution >= 0.6 is 11.6 Å². The fourth-order valence-corrected chi connectivity index (χ4v) is 3.57. The Bertz CT molecular complexity index is 713. The number of rotatable bonds is 7. The zero-order valence-electron chi connectivity index (χ0n) is 15.0. The van der Waals surface area contributed by atoms with Crippen molar-refractivity contribution >= 4 is 17.5 Å². The van der Waals surface area contributed by atoms with Crippen molar-refractivity contribution < 1.29 is 9.53 Å². The molecule has 0 spiro atoms. The van der Waals surface area contributed by atoms with Crippen LogP contribution in [0.2, 0.25) is 5.02 Å².